The summed E-state index contributed by atoms with van der Waals surface area (Å²) in [7, 11) is 0. The van der Waals surface area contributed by atoms with Crippen LogP contribution in [0.4, 0.5) is 19.0 Å². The third kappa shape index (κ3) is 11.5. The number of amides is 1. The van der Waals surface area contributed by atoms with Gasteiger partial charge in [0.15, 0.2) is 5.69 Å². The Hall–Kier alpha value is -4.02. The summed E-state index contributed by atoms with van der Waals surface area (Å²) in [6.45, 7) is 3.98. The third-order valence-electron chi connectivity index (χ3n) is 9.37. The number of aryl methyl sites for hydroxylation is 1. The fourth-order valence-electron chi connectivity index (χ4n) is 6.46. The minimum absolute atomic E-state index is 0.00111. The largest absolute Gasteiger partial charge is 0.494 e. The summed E-state index contributed by atoms with van der Waals surface area (Å²) < 4.78 is 56.4. The topological polar surface area (TPSA) is 173 Å². The number of aliphatic hydroxyl groups excluding tert-OH is 2. The highest BCUT2D eigenvalue weighted by Gasteiger charge is 2.40. The second-order valence-electron chi connectivity index (χ2n) is 13.4. The Bertz CT molecular complexity index is 1570. The number of hydrogen-bond donors (Lipinski definition) is 6. The number of nitrogens with one attached hydrogen (secondary N) is 3. The van der Waals surface area contributed by atoms with Crippen molar-refractivity contribution in [2.45, 2.75) is 101 Å². The SMILES string of the molecule is Cc1cc(CCN)ccc1Oc1ccc(OCCCCNC2CCC(NC(=O)C[C@H]3OC[C@H](Nc4cncc(C(F)(F)F)n4)[C@@H](O)[C@H]3O)CC2)cc1. The number of hydrogen-bond acceptors (Lipinski definition) is 11. The van der Waals surface area contributed by atoms with E-state index in [0.29, 0.717) is 25.4 Å². The van der Waals surface area contributed by atoms with Crippen LogP contribution in [0.1, 0.15) is 61.8 Å². The van der Waals surface area contributed by atoms with E-state index in [4.69, 9.17) is 19.9 Å². The second-order valence-corrected chi connectivity index (χ2v) is 13.4. The summed E-state index contributed by atoms with van der Waals surface area (Å²) in [4.78, 5) is 19.8. The number of aromatic nitrogens is 2. The van der Waals surface area contributed by atoms with Crippen molar-refractivity contribution in [2.24, 2.45) is 5.73 Å². The number of aliphatic hydroxyl groups is 2. The van der Waals surface area contributed by atoms with E-state index in [0.717, 1.165) is 80.5 Å². The molecule has 284 valence electrons. The van der Waals surface area contributed by atoms with E-state index in [9.17, 15) is 28.2 Å². The number of halogens is 3. The molecule has 1 aliphatic carbocycles. The van der Waals surface area contributed by atoms with Crippen LogP contribution in [0.15, 0.2) is 54.9 Å². The Labute approximate surface area is 301 Å². The number of ether oxygens (including phenoxy) is 3. The lowest BCUT2D eigenvalue weighted by Crippen LogP contribution is -2.56. The Morgan fingerprint density at radius 1 is 1.00 bits per heavy atom. The summed E-state index contributed by atoms with van der Waals surface area (Å²) >= 11 is 0. The van der Waals surface area contributed by atoms with Crippen molar-refractivity contribution in [1.29, 1.82) is 0 Å². The van der Waals surface area contributed by atoms with Gasteiger partial charge in [0.05, 0.1) is 44.2 Å². The Kier molecular flexibility index (Phi) is 14.1. The number of benzene rings is 2. The van der Waals surface area contributed by atoms with Crippen molar-refractivity contribution < 1.29 is 42.4 Å². The molecule has 1 saturated heterocycles. The molecule has 1 saturated carbocycles. The molecule has 3 aromatic rings. The van der Waals surface area contributed by atoms with Crippen molar-refractivity contribution in [2.75, 3.05) is 31.6 Å². The van der Waals surface area contributed by atoms with Gasteiger partial charge in [-0.2, -0.15) is 13.2 Å². The Morgan fingerprint density at radius 3 is 2.44 bits per heavy atom. The van der Waals surface area contributed by atoms with Gasteiger partial charge in [-0.05, 0) is 106 Å². The predicted octanol–water partition coefficient (Wildman–Crippen LogP) is 4.26. The number of unbranched alkanes of at least 4 members (excludes halogenated alkanes) is 1. The quantitative estimate of drug-likeness (QED) is 0.116. The monoisotopic (exact) mass is 730 g/mol. The van der Waals surface area contributed by atoms with Crippen LogP contribution >= 0.6 is 0 Å². The van der Waals surface area contributed by atoms with Crippen molar-refractivity contribution in [3.05, 3.63) is 71.7 Å². The lowest BCUT2D eigenvalue weighted by atomic mass is 9.90. The van der Waals surface area contributed by atoms with Crippen molar-refractivity contribution in [1.82, 2.24) is 20.6 Å². The highest BCUT2D eigenvalue weighted by molar-refractivity contribution is 5.77. The lowest BCUT2D eigenvalue weighted by molar-refractivity contribution is -0.152. The highest BCUT2D eigenvalue weighted by atomic mass is 19.4. The van der Waals surface area contributed by atoms with Crippen LogP contribution < -0.4 is 31.2 Å². The molecule has 0 unspecified atom stereocenters. The zero-order valence-corrected chi connectivity index (χ0v) is 29.3. The highest BCUT2D eigenvalue weighted by Crippen LogP contribution is 2.29. The smallest absolute Gasteiger partial charge is 0.434 e. The Balaban J connectivity index is 0.919. The fourth-order valence-corrected chi connectivity index (χ4v) is 6.46. The van der Waals surface area contributed by atoms with Crippen LogP contribution in [0.5, 0.6) is 17.2 Å². The van der Waals surface area contributed by atoms with Gasteiger partial charge in [0.25, 0.3) is 0 Å². The number of carbonyl (C=O) groups is 1. The van der Waals surface area contributed by atoms with E-state index in [-0.39, 0.29) is 30.8 Å². The molecule has 52 heavy (non-hydrogen) atoms. The van der Waals surface area contributed by atoms with E-state index < -0.39 is 36.2 Å². The van der Waals surface area contributed by atoms with Crippen LogP contribution in [-0.2, 0) is 22.1 Å². The molecule has 1 amide bonds. The van der Waals surface area contributed by atoms with Crippen LogP contribution in [0, 0.1) is 6.92 Å². The van der Waals surface area contributed by atoms with Crippen LogP contribution in [0.3, 0.4) is 0 Å². The molecular formula is C37H49F3N6O6. The molecule has 5 rings (SSSR count). The van der Waals surface area contributed by atoms with Gasteiger partial charge in [-0.25, -0.2) is 4.98 Å². The third-order valence-corrected chi connectivity index (χ3v) is 9.37. The average molecular weight is 731 g/mol. The molecule has 0 radical (unpaired) electrons. The first kappa shape index (κ1) is 39.2. The van der Waals surface area contributed by atoms with Crippen LogP contribution in [0.2, 0.25) is 0 Å². The van der Waals surface area contributed by atoms with E-state index in [1.807, 2.05) is 43.3 Å². The molecular weight excluding hydrogens is 681 g/mol. The molecule has 0 spiro atoms. The van der Waals surface area contributed by atoms with E-state index in [1.165, 1.54) is 5.56 Å². The predicted molar refractivity (Wildman–Crippen MR) is 188 cm³/mol. The van der Waals surface area contributed by atoms with Gasteiger partial charge in [-0.1, -0.05) is 12.1 Å². The van der Waals surface area contributed by atoms with Crippen molar-refractivity contribution in [3.8, 4) is 17.2 Å². The second kappa shape index (κ2) is 18.6. The molecule has 4 atom stereocenters. The molecule has 15 heteroatoms. The minimum Gasteiger partial charge on any atom is -0.494 e. The molecule has 7 N–H and O–H groups in total. The Morgan fingerprint density at radius 2 is 1.73 bits per heavy atom. The van der Waals surface area contributed by atoms with Crippen molar-refractivity contribution >= 4 is 11.7 Å². The van der Waals surface area contributed by atoms with Gasteiger partial charge in [0.2, 0.25) is 5.91 Å². The summed E-state index contributed by atoms with van der Waals surface area (Å²) in [6, 6.07) is 13.2. The van der Waals surface area contributed by atoms with Gasteiger partial charge in [-0.15, -0.1) is 0 Å². The summed E-state index contributed by atoms with van der Waals surface area (Å²) in [6.07, 6.45) is -0.775. The minimum atomic E-state index is -4.68. The maximum atomic E-state index is 13.0. The summed E-state index contributed by atoms with van der Waals surface area (Å²) in [5.41, 5.74) is 6.73. The summed E-state index contributed by atoms with van der Waals surface area (Å²) in [5.74, 6) is 1.84. The maximum absolute atomic E-state index is 13.0. The molecule has 0 bridgehead atoms. The molecule has 2 aliphatic rings. The molecule has 1 aromatic heterocycles. The lowest BCUT2D eigenvalue weighted by Gasteiger charge is -2.38. The van der Waals surface area contributed by atoms with E-state index >= 15 is 0 Å². The number of anilines is 1. The maximum Gasteiger partial charge on any atom is 0.434 e. The molecule has 12 nitrogen and oxygen atoms in total. The molecule has 2 fully saturated rings. The summed E-state index contributed by atoms with van der Waals surface area (Å²) in [5, 5.41) is 30.4. The number of carbonyl (C=O) groups excluding carboxylic acids is 1. The van der Waals surface area contributed by atoms with E-state index in [2.05, 4.69) is 32.0 Å². The van der Waals surface area contributed by atoms with Gasteiger partial charge >= 0.3 is 6.18 Å². The zero-order valence-electron chi connectivity index (χ0n) is 29.3. The molecule has 2 aromatic carbocycles. The molecule has 2 heterocycles. The first-order valence-corrected chi connectivity index (χ1v) is 17.8. The van der Waals surface area contributed by atoms with E-state index in [1.54, 1.807) is 0 Å². The fraction of sp³-hybridized carbons (Fsp3) is 0.541. The standard InChI is InChI=1S/C37H49F3N6O6/c1-23-18-24(14-15-41)4-13-30(23)52-28-11-9-27(10-12-28)50-17-3-2-16-43-25-5-7-26(8-6-25)44-34(47)19-31-36(49)35(48)29(22-51-31)45-33-21-42-20-32(46-33)37(38,39)40/h4,9-13,18,20-21,25-26,29,31,35-36,43,48-49H,2-3,5-8,14-17,19,22,41H2,1H3,(H,44,47)(H,45,46)/t25?,26?,29-,31+,35+,36-/m0/s1. The van der Waals surface area contributed by atoms with Gasteiger partial charge in [0.1, 0.15) is 35.3 Å². The first-order valence-electron chi connectivity index (χ1n) is 17.8. The van der Waals surface area contributed by atoms with Gasteiger partial charge < -0.3 is 46.1 Å². The number of alkyl halides is 3. The zero-order chi connectivity index (χ0) is 37.1. The molecule has 1 aliphatic heterocycles. The number of nitrogens with zero attached hydrogens (tertiary/aromatic N) is 2. The van der Waals surface area contributed by atoms with Crippen LogP contribution in [0.25, 0.3) is 0 Å². The van der Waals surface area contributed by atoms with Gasteiger partial charge in [0, 0.05) is 12.1 Å². The van der Waals surface area contributed by atoms with Crippen LogP contribution in [-0.4, -0.2) is 88.8 Å². The average Bonchev–Trinajstić information content (AvgIpc) is 3.12. The van der Waals surface area contributed by atoms with Crippen molar-refractivity contribution in [3.63, 3.8) is 0 Å². The normalized spacial score (nSPS) is 23.5. The number of rotatable bonds is 16. The number of nitrogens with two attached hydrogens (primary N) is 1. The first-order chi connectivity index (χ1) is 25.0. The van der Waals surface area contributed by atoms with Gasteiger partial charge in [-0.3, -0.25) is 9.78 Å².